The number of rotatable bonds is 4. The zero-order valence-corrected chi connectivity index (χ0v) is 12.7. The van der Waals surface area contributed by atoms with Crippen LogP contribution in [0.1, 0.15) is 5.56 Å². The number of hydrogen-bond acceptors (Lipinski definition) is 3. The van der Waals surface area contributed by atoms with Gasteiger partial charge in [0.15, 0.2) is 5.16 Å². The first-order valence-corrected chi connectivity index (χ1v) is 7.84. The van der Waals surface area contributed by atoms with Gasteiger partial charge in [0.25, 0.3) is 0 Å². The molecule has 0 unspecified atom stereocenters. The largest absolute Gasteiger partial charge is 0.314 e. The minimum atomic E-state index is 0.381. The highest BCUT2D eigenvalue weighted by Crippen LogP contribution is 2.26. The second-order valence-corrected chi connectivity index (χ2v) is 5.86. The molecule has 0 atom stereocenters. The highest BCUT2D eigenvalue weighted by atomic mass is 35.5. The van der Waals surface area contributed by atoms with Crippen molar-refractivity contribution in [1.82, 2.24) is 9.55 Å². The minimum absolute atomic E-state index is 0.381. The molecule has 21 heavy (non-hydrogen) atoms. The summed E-state index contributed by atoms with van der Waals surface area (Å²) in [6.07, 6.45) is 0. The quantitative estimate of drug-likeness (QED) is 0.672. The molecule has 5 heteroatoms. The van der Waals surface area contributed by atoms with Crippen LogP contribution in [0, 0.1) is 11.3 Å². The monoisotopic (exact) mass is 313 g/mol. The number of fused-ring (bicyclic) bond motifs is 1. The van der Waals surface area contributed by atoms with E-state index in [1.54, 1.807) is 0 Å². The molecular weight excluding hydrogens is 302 g/mol. The molecule has 0 radical (unpaired) electrons. The molecule has 104 valence electrons. The fraction of sp³-hybridized carbons (Fsp3) is 0.125. The van der Waals surface area contributed by atoms with Gasteiger partial charge in [0.05, 0.1) is 29.4 Å². The molecule has 0 fully saturated rings. The third-order valence-corrected chi connectivity index (χ3v) is 4.38. The maximum Gasteiger partial charge on any atom is 0.170 e. The Labute approximate surface area is 132 Å². The Kier molecular flexibility index (Phi) is 4.14. The fourth-order valence-corrected chi connectivity index (χ4v) is 3.08. The number of imidazole rings is 1. The average molecular weight is 314 g/mol. The van der Waals surface area contributed by atoms with Crippen LogP contribution in [0.2, 0.25) is 5.02 Å². The van der Waals surface area contributed by atoms with Gasteiger partial charge in [0, 0.05) is 5.02 Å². The van der Waals surface area contributed by atoms with Crippen LogP contribution in [0.5, 0.6) is 0 Å². The van der Waals surface area contributed by atoms with E-state index < -0.39 is 0 Å². The summed E-state index contributed by atoms with van der Waals surface area (Å²) in [6.45, 7) is 0.647. The van der Waals surface area contributed by atoms with Crippen LogP contribution in [-0.2, 0) is 6.54 Å². The minimum Gasteiger partial charge on any atom is -0.314 e. The molecule has 2 aromatic carbocycles. The third-order valence-electron chi connectivity index (χ3n) is 3.17. The lowest BCUT2D eigenvalue weighted by Crippen LogP contribution is -2.02. The molecule has 0 N–H and O–H groups in total. The number of aromatic nitrogens is 2. The van der Waals surface area contributed by atoms with Gasteiger partial charge in [-0.2, -0.15) is 5.26 Å². The molecule has 0 bridgehead atoms. The van der Waals surface area contributed by atoms with Gasteiger partial charge < -0.3 is 4.57 Å². The van der Waals surface area contributed by atoms with E-state index in [2.05, 4.69) is 15.6 Å². The third kappa shape index (κ3) is 2.90. The molecule has 3 rings (SSSR count). The lowest BCUT2D eigenvalue weighted by Gasteiger charge is -2.09. The van der Waals surface area contributed by atoms with Crippen molar-refractivity contribution < 1.29 is 0 Å². The number of para-hydroxylation sites is 2. The van der Waals surface area contributed by atoms with Crippen LogP contribution in [0.15, 0.2) is 53.7 Å². The fourth-order valence-electron chi connectivity index (χ4n) is 2.21. The zero-order valence-electron chi connectivity index (χ0n) is 11.2. The van der Waals surface area contributed by atoms with E-state index >= 15 is 0 Å². The maximum absolute atomic E-state index is 8.80. The Morgan fingerprint density at radius 2 is 1.90 bits per heavy atom. The number of benzene rings is 2. The molecule has 0 spiro atoms. The van der Waals surface area contributed by atoms with E-state index in [4.69, 9.17) is 16.9 Å². The maximum atomic E-state index is 8.80. The van der Waals surface area contributed by atoms with Gasteiger partial charge >= 0.3 is 0 Å². The summed E-state index contributed by atoms with van der Waals surface area (Å²) in [6, 6.07) is 17.9. The van der Waals surface area contributed by atoms with E-state index in [1.165, 1.54) is 11.8 Å². The van der Waals surface area contributed by atoms with Crippen molar-refractivity contribution in [3.8, 4) is 6.07 Å². The summed E-state index contributed by atoms with van der Waals surface area (Å²) >= 11 is 7.70. The second kappa shape index (κ2) is 6.21. The van der Waals surface area contributed by atoms with Gasteiger partial charge in [-0.25, -0.2) is 4.98 Å². The van der Waals surface area contributed by atoms with Gasteiger partial charge in [-0.15, -0.1) is 0 Å². The SMILES string of the molecule is N#CCSc1nc2ccccc2n1Cc1ccccc1Cl. The predicted octanol–water partition coefficient (Wildman–Crippen LogP) is 4.35. The Balaban J connectivity index is 2.07. The molecule has 0 saturated carbocycles. The predicted molar refractivity (Wildman–Crippen MR) is 86.6 cm³/mol. The van der Waals surface area contributed by atoms with Crippen LogP contribution >= 0.6 is 23.4 Å². The van der Waals surface area contributed by atoms with E-state index in [0.717, 1.165) is 26.8 Å². The topological polar surface area (TPSA) is 41.6 Å². The molecule has 0 aliphatic heterocycles. The Morgan fingerprint density at radius 1 is 1.14 bits per heavy atom. The lowest BCUT2D eigenvalue weighted by atomic mass is 10.2. The molecule has 0 aliphatic rings. The molecule has 1 heterocycles. The summed E-state index contributed by atoms with van der Waals surface area (Å²) in [7, 11) is 0. The van der Waals surface area contributed by atoms with Crippen molar-refractivity contribution in [2.45, 2.75) is 11.7 Å². The van der Waals surface area contributed by atoms with Crippen LogP contribution in [-0.4, -0.2) is 15.3 Å². The highest BCUT2D eigenvalue weighted by molar-refractivity contribution is 7.99. The molecule has 3 nitrogen and oxygen atoms in total. The summed E-state index contributed by atoms with van der Waals surface area (Å²) in [5.74, 6) is 0.381. The number of thioether (sulfide) groups is 1. The van der Waals surface area contributed by atoms with Gasteiger partial charge in [-0.05, 0) is 23.8 Å². The van der Waals surface area contributed by atoms with Crippen LogP contribution in [0.4, 0.5) is 0 Å². The molecule has 0 aliphatic carbocycles. The molecular formula is C16H12ClN3S. The number of nitriles is 1. The molecule has 3 aromatic rings. The molecule has 1 aromatic heterocycles. The van der Waals surface area contributed by atoms with E-state index in [1.807, 2.05) is 48.5 Å². The first-order valence-electron chi connectivity index (χ1n) is 6.48. The standard InChI is InChI=1S/C16H12ClN3S/c17-13-6-2-1-5-12(13)11-20-15-8-4-3-7-14(15)19-16(20)21-10-9-18/h1-8H,10-11H2. The van der Waals surface area contributed by atoms with Gasteiger partial charge in [0.1, 0.15) is 0 Å². The number of nitrogens with zero attached hydrogens (tertiary/aromatic N) is 3. The Morgan fingerprint density at radius 3 is 2.71 bits per heavy atom. The summed E-state index contributed by atoms with van der Waals surface area (Å²) in [5.41, 5.74) is 3.03. The van der Waals surface area contributed by atoms with Crippen molar-refractivity contribution in [2.24, 2.45) is 0 Å². The van der Waals surface area contributed by atoms with Crippen molar-refractivity contribution >= 4 is 34.4 Å². The summed E-state index contributed by atoms with van der Waals surface area (Å²) in [5, 5.41) is 10.4. The lowest BCUT2D eigenvalue weighted by molar-refractivity contribution is 0.732. The Hall–Kier alpha value is -1.96. The average Bonchev–Trinajstić information content (AvgIpc) is 2.85. The zero-order chi connectivity index (χ0) is 14.7. The van der Waals surface area contributed by atoms with Crippen molar-refractivity contribution in [3.63, 3.8) is 0 Å². The first kappa shape index (κ1) is 14.0. The number of hydrogen-bond donors (Lipinski definition) is 0. The summed E-state index contributed by atoms with van der Waals surface area (Å²) in [4.78, 5) is 4.61. The van der Waals surface area contributed by atoms with Crippen LogP contribution < -0.4 is 0 Å². The smallest absolute Gasteiger partial charge is 0.170 e. The van der Waals surface area contributed by atoms with Crippen LogP contribution in [0.25, 0.3) is 11.0 Å². The van der Waals surface area contributed by atoms with Crippen molar-refractivity contribution in [3.05, 3.63) is 59.1 Å². The van der Waals surface area contributed by atoms with E-state index in [0.29, 0.717) is 12.3 Å². The highest BCUT2D eigenvalue weighted by Gasteiger charge is 2.12. The number of halogens is 1. The summed E-state index contributed by atoms with van der Waals surface area (Å²) < 4.78 is 2.11. The van der Waals surface area contributed by atoms with Crippen molar-refractivity contribution in [2.75, 3.05) is 5.75 Å². The van der Waals surface area contributed by atoms with Gasteiger partial charge in [-0.3, -0.25) is 0 Å². The van der Waals surface area contributed by atoms with E-state index in [-0.39, 0.29) is 0 Å². The molecule has 0 saturated heterocycles. The van der Waals surface area contributed by atoms with Gasteiger partial charge in [-0.1, -0.05) is 53.7 Å². The Bertz CT molecular complexity index is 820. The van der Waals surface area contributed by atoms with Crippen LogP contribution in [0.3, 0.4) is 0 Å². The van der Waals surface area contributed by atoms with E-state index in [9.17, 15) is 0 Å². The normalized spacial score (nSPS) is 10.7. The van der Waals surface area contributed by atoms with Crippen molar-refractivity contribution in [1.29, 1.82) is 5.26 Å². The first-order chi connectivity index (χ1) is 10.3. The second-order valence-electron chi connectivity index (χ2n) is 4.51. The van der Waals surface area contributed by atoms with Gasteiger partial charge in [0.2, 0.25) is 0 Å². The molecule has 0 amide bonds.